The number of halogens is 3. The van der Waals surface area contributed by atoms with Crippen LogP contribution in [0.1, 0.15) is 56.8 Å². The third kappa shape index (κ3) is 7.20. The van der Waals surface area contributed by atoms with Gasteiger partial charge in [-0.05, 0) is 66.4 Å². The number of carbonyl (C=O) groups excluding carboxylic acids is 2. The van der Waals surface area contributed by atoms with Crippen molar-refractivity contribution in [1.82, 2.24) is 0 Å². The van der Waals surface area contributed by atoms with Crippen molar-refractivity contribution in [2.45, 2.75) is 26.4 Å². The third-order valence-corrected chi connectivity index (χ3v) is 5.17. The molecule has 0 aromatic heterocycles. The quantitative estimate of drug-likeness (QED) is 0.355. The van der Waals surface area contributed by atoms with Crippen LogP contribution in [-0.4, -0.2) is 31.0 Å². The van der Waals surface area contributed by atoms with E-state index in [-0.39, 0.29) is 5.56 Å². The third-order valence-electron chi connectivity index (χ3n) is 5.17. The molecule has 0 saturated carbocycles. The van der Waals surface area contributed by atoms with Crippen molar-refractivity contribution in [2.75, 3.05) is 13.7 Å². The van der Waals surface area contributed by atoms with E-state index in [1.165, 1.54) is 6.07 Å². The molecule has 1 amide bonds. The number of hydrogen-bond acceptors (Lipinski definition) is 4. The maximum absolute atomic E-state index is 13.3. The predicted octanol–water partition coefficient (Wildman–Crippen LogP) is 5.60. The number of nitrogens with two attached hydrogens (primary N) is 1. The van der Waals surface area contributed by atoms with E-state index < -0.39 is 23.4 Å². The number of phenolic OH excluding ortho intramolecular Hbond substituents is 1. The van der Waals surface area contributed by atoms with Crippen LogP contribution in [0.2, 0.25) is 0 Å². The summed E-state index contributed by atoms with van der Waals surface area (Å²) in [5.41, 5.74) is 7.06. The largest absolute Gasteiger partial charge is 0.508 e. The summed E-state index contributed by atoms with van der Waals surface area (Å²) in [4.78, 5) is 22.9. The first kappa shape index (κ1) is 28.1. The highest BCUT2D eigenvalue weighted by Gasteiger charge is 2.33. The fourth-order valence-electron chi connectivity index (χ4n) is 3.29. The Hall–Kier alpha value is -4.09. The highest BCUT2D eigenvalue weighted by atomic mass is 19.4. The van der Waals surface area contributed by atoms with Crippen molar-refractivity contribution in [3.8, 4) is 28.7 Å². The zero-order valence-electron chi connectivity index (χ0n) is 20.1. The summed E-state index contributed by atoms with van der Waals surface area (Å²) in [6, 6.07) is 12.5. The standard InChI is InChI=1S/C25H18F3NO3.C3H8O/c1-2-16-12-19(8-10-21(16)24(29)32)22-11-15(14-30)3-4-17(22)5-6-18-7-9-20(31)13-23(18)25(26,27)28;1-3-4-2/h3-4,7-14,31H,2H2,1H3,(H2,29,32);3H2,1-2H3. The van der Waals surface area contributed by atoms with Gasteiger partial charge in [0.25, 0.3) is 0 Å². The number of aromatic hydroxyl groups is 1. The summed E-state index contributed by atoms with van der Waals surface area (Å²) in [6.45, 7) is 4.64. The second-order valence-corrected chi connectivity index (χ2v) is 7.57. The Balaban J connectivity index is 0.00000106. The van der Waals surface area contributed by atoms with E-state index >= 15 is 0 Å². The van der Waals surface area contributed by atoms with Crippen LogP contribution >= 0.6 is 0 Å². The number of carbonyl (C=O) groups is 2. The number of phenols is 1. The van der Waals surface area contributed by atoms with Crippen LogP contribution in [0.4, 0.5) is 13.2 Å². The van der Waals surface area contributed by atoms with Gasteiger partial charge < -0.3 is 15.6 Å². The SMILES string of the molecule is CCOC.CCc1cc(-c2cc(C=O)ccc2C#Cc2ccc(O)cc2C(F)(F)F)ccc1C(N)=O. The van der Waals surface area contributed by atoms with Crippen molar-refractivity contribution in [3.63, 3.8) is 0 Å². The maximum atomic E-state index is 13.3. The van der Waals surface area contributed by atoms with Crippen molar-refractivity contribution in [3.05, 3.63) is 88.0 Å². The molecule has 0 aliphatic rings. The van der Waals surface area contributed by atoms with Gasteiger partial charge in [0.05, 0.1) is 5.56 Å². The molecule has 3 rings (SSSR count). The van der Waals surface area contributed by atoms with E-state index in [9.17, 15) is 27.9 Å². The molecule has 0 saturated heterocycles. The van der Waals surface area contributed by atoms with E-state index in [0.717, 1.165) is 18.7 Å². The van der Waals surface area contributed by atoms with Gasteiger partial charge in [-0.25, -0.2) is 0 Å². The van der Waals surface area contributed by atoms with E-state index in [0.29, 0.717) is 52.2 Å². The molecule has 0 bridgehead atoms. The minimum absolute atomic E-state index is 0.293. The van der Waals surface area contributed by atoms with Gasteiger partial charge in [0.15, 0.2) is 0 Å². The van der Waals surface area contributed by atoms with Gasteiger partial charge in [0.2, 0.25) is 5.91 Å². The van der Waals surface area contributed by atoms with Crippen LogP contribution in [-0.2, 0) is 17.3 Å². The summed E-state index contributed by atoms with van der Waals surface area (Å²) >= 11 is 0. The number of ether oxygens (including phenoxy) is 1. The zero-order chi connectivity index (χ0) is 26.9. The van der Waals surface area contributed by atoms with E-state index in [2.05, 4.69) is 16.6 Å². The molecule has 5 nitrogen and oxygen atoms in total. The fraction of sp³-hybridized carbons (Fsp3) is 0.214. The van der Waals surface area contributed by atoms with Gasteiger partial charge in [-0.3, -0.25) is 9.59 Å². The molecule has 0 spiro atoms. The molecule has 36 heavy (non-hydrogen) atoms. The molecule has 0 atom stereocenters. The molecule has 0 aliphatic carbocycles. The van der Waals surface area contributed by atoms with Crippen LogP contribution in [0.15, 0.2) is 54.6 Å². The smallest absolute Gasteiger partial charge is 0.417 e. The number of primary amides is 1. The second-order valence-electron chi connectivity index (χ2n) is 7.57. The Labute approximate surface area is 207 Å². The molecule has 0 fully saturated rings. The summed E-state index contributed by atoms with van der Waals surface area (Å²) in [7, 11) is 1.68. The van der Waals surface area contributed by atoms with Crippen LogP contribution < -0.4 is 5.73 Å². The second kappa shape index (κ2) is 12.6. The molecule has 0 aliphatic heterocycles. The number of aldehydes is 1. The van der Waals surface area contributed by atoms with Gasteiger partial charge >= 0.3 is 6.18 Å². The molecule has 0 radical (unpaired) electrons. The number of alkyl halides is 3. The number of benzene rings is 3. The number of amides is 1. The number of rotatable bonds is 5. The lowest BCUT2D eigenvalue weighted by molar-refractivity contribution is -0.137. The molecule has 0 heterocycles. The van der Waals surface area contributed by atoms with E-state index in [1.54, 1.807) is 37.4 Å². The first-order valence-corrected chi connectivity index (χ1v) is 11.0. The van der Waals surface area contributed by atoms with Gasteiger partial charge in [-0.1, -0.05) is 37.0 Å². The lowest BCUT2D eigenvalue weighted by Gasteiger charge is -2.11. The fourth-order valence-corrected chi connectivity index (χ4v) is 3.29. The number of methoxy groups -OCH3 is 1. The molecule has 3 N–H and O–H groups in total. The van der Waals surface area contributed by atoms with Crippen molar-refractivity contribution in [1.29, 1.82) is 0 Å². The number of aryl methyl sites for hydroxylation is 1. The molecule has 188 valence electrons. The Bertz CT molecular complexity index is 1300. The lowest BCUT2D eigenvalue weighted by Crippen LogP contribution is -2.13. The summed E-state index contributed by atoms with van der Waals surface area (Å²) in [5.74, 6) is 4.19. The highest BCUT2D eigenvalue weighted by Crippen LogP contribution is 2.34. The summed E-state index contributed by atoms with van der Waals surface area (Å²) < 4.78 is 44.5. The van der Waals surface area contributed by atoms with Gasteiger partial charge in [-0.15, -0.1) is 0 Å². The Morgan fingerprint density at radius 2 is 1.67 bits per heavy atom. The molecule has 3 aromatic rings. The van der Waals surface area contributed by atoms with Gasteiger partial charge in [0, 0.05) is 36.0 Å². The van der Waals surface area contributed by atoms with Gasteiger partial charge in [-0.2, -0.15) is 13.2 Å². The van der Waals surface area contributed by atoms with Crippen LogP contribution in [0.3, 0.4) is 0 Å². The van der Waals surface area contributed by atoms with E-state index in [4.69, 9.17) is 5.73 Å². The maximum Gasteiger partial charge on any atom is 0.417 e. The molecule has 0 unspecified atom stereocenters. The minimum atomic E-state index is -4.69. The number of hydrogen-bond donors (Lipinski definition) is 2. The minimum Gasteiger partial charge on any atom is -0.508 e. The zero-order valence-corrected chi connectivity index (χ0v) is 20.1. The highest BCUT2D eigenvalue weighted by molar-refractivity contribution is 5.95. The molecular weight excluding hydrogens is 471 g/mol. The molecular formula is C28H26F3NO4. The Kier molecular flexibility index (Phi) is 9.83. The average Bonchev–Trinajstić information content (AvgIpc) is 2.86. The van der Waals surface area contributed by atoms with Crippen molar-refractivity contribution >= 4 is 12.2 Å². The topological polar surface area (TPSA) is 89.6 Å². The Morgan fingerprint density at radius 3 is 2.22 bits per heavy atom. The predicted molar refractivity (Wildman–Crippen MR) is 132 cm³/mol. The van der Waals surface area contributed by atoms with Gasteiger partial charge in [0.1, 0.15) is 12.0 Å². The first-order chi connectivity index (χ1) is 17.0. The van der Waals surface area contributed by atoms with E-state index in [1.807, 2.05) is 13.8 Å². The summed E-state index contributed by atoms with van der Waals surface area (Å²) in [5, 5.41) is 9.43. The normalized spacial score (nSPS) is 10.5. The summed E-state index contributed by atoms with van der Waals surface area (Å²) in [6.07, 6.45) is -3.50. The van der Waals surface area contributed by atoms with Crippen molar-refractivity contribution < 1.29 is 32.6 Å². The average molecular weight is 498 g/mol. The molecule has 3 aromatic carbocycles. The lowest BCUT2D eigenvalue weighted by atomic mass is 9.93. The first-order valence-electron chi connectivity index (χ1n) is 11.0. The Morgan fingerprint density at radius 1 is 1.03 bits per heavy atom. The van der Waals surface area contributed by atoms with Crippen LogP contribution in [0.5, 0.6) is 5.75 Å². The van der Waals surface area contributed by atoms with Crippen molar-refractivity contribution in [2.24, 2.45) is 5.73 Å². The monoisotopic (exact) mass is 497 g/mol. The van der Waals surface area contributed by atoms with Crippen LogP contribution in [0, 0.1) is 11.8 Å². The van der Waals surface area contributed by atoms with Crippen LogP contribution in [0.25, 0.3) is 11.1 Å². The molecule has 8 heteroatoms.